The maximum absolute atomic E-state index is 13.3. The van der Waals surface area contributed by atoms with Gasteiger partial charge in [0, 0.05) is 11.8 Å². The van der Waals surface area contributed by atoms with Gasteiger partial charge in [-0.2, -0.15) is 5.26 Å². The molecule has 0 aromatic heterocycles. The van der Waals surface area contributed by atoms with E-state index in [0.717, 1.165) is 55.7 Å². The smallest absolute Gasteiger partial charge is 0.343 e. The normalized spacial score (nSPS) is 10.4. The van der Waals surface area contributed by atoms with E-state index in [1.807, 2.05) is 24.3 Å². The first-order chi connectivity index (χ1) is 24.8. The summed E-state index contributed by atoms with van der Waals surface area (Å²) in [5, 5.41) is 9.17. The molecule has 262 valence electrons. The summed E-state index contributed by atoms with van der Waals surface area (Å²) in [5.74, 6) is -0.0886. The van der Waals surface area contributed by atoms with Crippen LogP contribution in [0, 0.1) is 11.3 Å². The van der Waals surface area contributed by atoms with Crippen LogP contribution in [-0.2, 0) is 21.7 Å². The fourth-order valence-electron chi connectivity index (χ4n) is 4.90. The van der Waals surface area contributed by atoms with E-state index >= 15 is 0 Å². The zero-order chi connectivity index (χ0) is 36.4. The highest BCUT2D eigenvalue weighted by Gasteiger charge is 2.21. The predicted molar refractivity (Wildman–Crippen MR) is 198 cm³/mol. The average molecular weight is 705 g/mol. The Morgan fingerprint density at radius 1 is 0.784 bits per heavy atom. The van der Waals surface area contributed by atoms with Gasteiger partial charge in [0.25, 0.3) is 0 Å². The molecule has 0 N–H and O–H groups in total. The number of hydrogen-bond acceptors (Lipinski definition) is 10. The Bertz CT molecular complexity index is 1850. The summed E-state index contributed by atoms with van der Waals surface area (Å²) in [6.07, 6.45) is 6.51. The lowest BCUT2D eigenvalue weighted by Gasteiger charge is -2.16. The maximum atomic E-state index is 13.3. The highest BCUT2D eigenvalue weighted by molar-refractivity contribution is 7.98. The van der Waals surface area contributed by atoms with Crippen LogP contribution >= 0.6 is 11.8 Å². The van der Waals surface area contributed by atoms with Gasteiger partial charge in [0.05, 0.1) is 40.9 Å². The number of aryl methyl sites for hydroxylation is 1. The van der Waals surface area contributed by atoms with Gasteiger partial charge in [0.1, 0.15) is 17.2 Å². The second-order valence-corrected chi connectivity index (χ2v) is 12.4. The third kappa shape index (κ3) is 11.7. The number of carbonyl (C=O) groups excluding carboxylic acids is 3. The Morgan fingerprint density at radius 2 is 1.37 bits per heavy atom. The molecule has 0 amide bonds. The van der Waals surface area contributed by atoms with Crippen molar-refractivity contribution in [1.29, 1.82) is 5.26 Å². The number of benzene rings is 4. The van der Waals surface area contributed by atoms with Crippen molar-refractivity contribution >= 4 is 42.1 Å². The third-order valence-corrected chi connectivity index (χ3v) is 8.79. The molecule has 0 saturated carbocycles. The number of esters is 3. The van der Waals surface area contributed by atoms with Gasteiger partial charge in [-0.3, -0.25) is 4.99 Å². The molecular weight excluding hydrogens is 665 g/mol. The van der Waals surface area contributed by atoms with Gasteiger partial charge in [-0.15, -0.1) is 11.8 Å². The van der Waals surface area contributed by atoms with Gasteiger partial charge in [-0.25, -0.2) is 14.4 Å². The third-order valence-electron chi connectivity index (χ3n) is 7.62. The van der Waals surface area contributed by atoms with Crippen molar-refractivity contribution in [3.05, 3.63) is 125 Å². The van der Waals surface area contributed by atoms with Crippen LogP contribution in [0.2, 0.25) is 0 Å². The average Bonchev–Trinajstić information content (AvgIpc) is 3.16. The number of carbonyl (C=O) groups is 3. The van der Waals surface area contributed by atoms with E-state index in [0.29, 0.717) is 46.3 Å². The van der Waals surface area contributed by atoms with Gasteiger partial charge in [-0.05, 0) is 111 Å². The molecule has 51 heavy (non-hydrogen) atoms. The fraction of sp³-hybridized carbons (Fsp3) is 0.244. The maximum Gasteiger partial charge on any atom is 0.343 e. The number of nitriles is 1. The number of aliphatic imine (C=N–C) groups is 1. The molecule has 0 unspecified atom stereocenters. The molecule has 0 atom stereocenters. The Balaban J connectivity index is 1.44. The topological polar surface area (TPSA) is 124 Å². The van der Waals surface area contributed by atoms with E-state index in [2.05, 4.69) is 31.3 Å². The zero-order valence-corrected chi connectivity index (χ0v) is 29.4. The molecule has 10 heteroatoms. The van der Waals surface area contributed by atoms with E-state index in [1.165, 1.54) is 17.8 Å². The first-order valence-corrected chi connectivity index (χ1v) is 17.6. The quantitative estimate of drug-likeness (QED) is 0.0235. The summed E-state index contributed by atoms with van der Waals surface area (Å²) in [6, 6.07) is 26.3. The number of thioether (sulfide) groups is 1. The van der Waals surface area contributed by atoms with Gasteiger partial charge < -0.3 is 18.9 Å². The number of nitrogens with zero attached hydrogens (tertiary/aromatic N) is 2. The second kappa shape index (κ2) is 20.1. The zero-order valence-electron chi connectivity index (χ0n) is 28.6. The van der Waals surface area contributed by atoms with Gasteiger partial charge >= 0.3 is 17.9 Å². The highest BCUT2D eigenvalue weighted by Crippen LogP contribution is 2.45. The van der Waals surface area contributed by atoms with Crippen molar-refractivity contribution in [3.8, 4) is 23.3 Å². The van der Waals surface area contributed by atoms with Gasteiger partial charge in [0.15, 0.2) is 5.75 Å². The van der Waals surface area contributed by atoms with E-state index < -0.39 is 17.9 Å². The largest absolute Gasteiger partial charge is 0.494 e. The molecule has 0 aliphatic rings. The summed E-state index contributed by atoms with van der Waals surface area (Å²) < 4.78 is 22.5. The number of unbranched alkanes of at least 4 members (excludes halogenated alkanes) is 3. The van der Waals surface area contributed by atoms with Crippen LogP contribution in [0.3, 0.4) is 0 Å². The van der Waals surface area contributed by atoms with E-state index in [9.17, 15) is 19.6 Å². The van der Waals surface area contributed by atoms with Gasteiger partial charge in [-0.1, -0.05) is 44.2 Å². The van der Waals surface area contributed by atoms with Crippen molar-refractivity contribution < 1.29 is 33.3 Å². The summed E-state index contributed by atoms with van der Waals surface area (Å²) in [4.78, 5) is 42.2. The van der Waals surface area contributed by atoms with Crippen LogP contribution in [0.4, 0.5) is 5.69 Å². The first-order valence-electron chi connectivity index (χ1n) is 16.7. The molecule has 0 aliphatic heterocycles. The summed E-state index contributed by atoms with van der Waals surface area (Å²) in [7, 11) is 0. The molecular formula is C41H40N2O7S. The van der Waals surface area contributed by atoms with Crippen LogP contribution in [0.15, 0.2) is 107 Å². The van der Waals surface area contributed by atoms with Gasteiger partial charge in [0.2, 0.25) is 0 Å². The minimum atomic E-state index is -0.592. The summed E-state index contributed by atoms with van der Waals surface area (Å²) in [5.41, 5.74) is 3.56. The van der Waals surface area contributed by atoms with Crippen molar-refractivity contribution in [2.45, 2.75) is 56.1 Å². The SMILES string of the molecule is C=CC(=O)OCCCCCCOc1ccc(C(=O)Oc2ccc(OC(=O)c3ccc(CCC)cc3)c(N=C)c2SCc2ccc(C#N)cc2)cc1. The first kappa shape index (κ1) is 38.1. The molecule has 0 radical (unpaired) electrons. The minimum absolute atomic E-state index is 0.174. The monoisotopic (exact) mass is 704 g/mol. The van der Waals surface area contributed by atoms with Crippen molar-refractivity contribution in [2.24, 2.45) is 4.99 Å². The number of hydrogen-bond donors (Lipinski definition) is 0. The Labute approximate surface area is 302 Å². The molecule has 4 aromatic carbocycles. The van der Waals surface area contributed by atoms with E-state index in [-0.39, 0.29) is 17.2 Å². The molecule has 0 bridgehead atoms. The van der Waals surface area contributed by atoms with Crippen LogP contribution in [0.25, 0.3) is 0 Å². The molecule has 4 rings (SSSR count). The number of rotatable bonds is 19. The summed E-state index contributed by atoms with van der Waals surface area (Å²) in [6.45, 7) is 10.1. The Kier molecular flexibility index (Phi) is 15.0. The molecule has 0 aliphatic carbocycles. The lowest BCUT2D eigenvalue weighted by Crippen LogP contribution is -2.11. The second-order valence-electron chi connectivity index (χ2n) is 11.4. The Hall–Kier alpha value is -5.66. The Morgan fingerprint density at radius 3 is 1.98 bits per heavy atom. The molecule has 0 heterocycles. The van der Waals surface area contributed by atoms with Crippen LogP contribution in [-0.4, -0.2) is 37.8 Å². The van der Waals surface area contributed by atoms with E-state index in [1.54, 1.807) is 54.6 Å². The van der Waals surface area contributed by atoms with E-state index in [4.69, 9.17) is 18.9 Å². The van der Waals surface area contributed by atoms with Crippen molar-refractivity contribution in [2.75, 3.05) is 13.2 Å². The van der Waals surface area contributed by atoms with Crippen molar-refractivity contribution in [3.63, 3.8) is 0 Å². The molecule has 9 nitrogen and oxygen atoms in total. The minimum Gasteiger partial charge on any atom is -0.494 e. The summed E-state index contributed by atoms with van der Waals surface area (Å²) >= 11 is 1.34. The number of ether oxygens (including phenoxy) is 4. The lowest BCUT2D eigenvalue weighted by atomic mass is 10.1. The standard InChI is InChI=1S/C41H40N2O7S/c1-4-10-29-15-17-32(18-16-29)40(45)49-35-23-24-36(39(38(35)43-3)51-28-31-13-11-30(27-42)12-14-31)50-41(46)33-19-21-34(22-20-33)47-25-8-6-7-9-26-48-37(44)5-2/h5,11-24H,2-4,6-10,25-26,28H2,1H3. The lowest BCUT2D eigenvalue weighted by molar-refractivity contribution is -0.137. The highest BCUT2D eigenvalue weighted by atomic mass is 32.2. The van der Waals surface area contributed by atoms with Crippen LogP contribution < -0.4 is 14.2 Å². The van der Waals surface area contributed by atoms with Crippen LogP contribution in [0.5, 0.6) is 17.2 Å². The fourth-order valence-corrected chi connectivity index (χ4v) is 5.96. The van der Waals surface area contributed by atoms with Crippen molar-refractivity contribution in [1.82, 2.24) is 0 Å². The molecule has 4 aromatic rings. The molecule has 0 spiro atoms. The van der Waals surface area contributed by atoms with Crippen LogP contribution in [0.1, 0.15) is 76.4 Å². The predicted octanol–water partition coefficient (Wildman–Crippen LogP) is 9.24. The molecule has 0 fully saturated rings. The molecule has 0 saturated heterocycles.